The number of amidine groups is 1. The average molecular weight is 516 g/mol. The zero-order chi connectivity index (χ0) is 25.8. The lowest BCUT2D eigenvalue weighted by Gasteiger charge is -2.11. The minimum atomic E-state index is -0.370. The van der Waals surface area contributed by atoms with E-state index in [9.17, 15) is 9.59 Å². The number of nitrogens with zero attached hydrogens (tertiary/aromatic N) is 6. The molecule has 1 aliphatic rings. The summed E-state index contributed by atoms with van der Waals surface area (Å²) in [7, 11) is 1.56. The minimum absolute atomic E-state index is 0.0500. The Labute approximate surface area is 215 Å². The van der Waals surface area contributed by atoms with Gasteiger partial charge in [-0.05, 0) is 19.1 Å². The Morgan fingerprint density at radius 2 is 1.95 bits per heavy atom. The highest BCUT2D eigenvalue weighted by Crippen LogP contribution is 2.36. The van der Waals surface area contributed by atoms with Crippen molar-refractivity contribution in [2.24, 2.45) is 4.99 Å². The van der Waals surface area contributed by atoms with Crippen molar-refractivity contribution in [3.63, 3.8) is 0 Å². The summed E-state index contributed by atoms with van der Waals surface area (Å²) in [5.74, 6) is 0.993. The highest BCUT2D eigenvalue weighted by Gasteiger charge is 2.20. The van der Waals surface area contributed by atoms with Crippen molar-refractivity contribution < 1.29 is 14.3 Å². The Morgan fingerprint density at radius 1 is 1.08 bits per heavy atom. The molecule has 0 unspecified atom stereocenters. The van der Waals surface area contributed by atoms with Gasteiger partial charge in [0, 0.05) is 35.3 Å². The highest BCUT2D eigenvalue weighted by atomic mass is 32.1. The number of aromatic nitrogens is 5. The lowest BCUT2D eigenvalue weighted by atomic mass is 10.1. The number of carbonyl (C=O) groups excluding carboxylic acids is 2. The molecule has 4 aromatic heterocycles. The van der Waals surface area contributed by atoms with E-state index in [0.29, 0.717) is 63.0 Å². The molecule has 0 atom stereocenters. The van der Waals surface area contributed by atoms with E-state index in [1.165, 1.54) is 17.5 Å². The molecule has 4 aromatic rings. The molecule has 186 valence electrons. The third-order valence-electron chi connectivity index (χ3n) is 5.20. The van der Waals surface area contributed by atoms with E-state index in [-0.39, 0.29) is 18.5 Å². The summed E-state index contributed by atoms with van der Waals surface area (Å²) < 4.78 is 5.24. The molecule has 0 aromatic carbocycles. The summed E-state index contributed by atoms with van der Waals surface area (Å²) in [6.07, 6.45) is 4.73. The van der Waals surface area contributed by atoms with Crippen molar-refractivity contribution in [3.8, 4) is 39.1 Å². The number of amides is 3. The van der Waals surface area contributed by atoms with Crippen molar-refractivity contribution in [3.05, 3.63) is 53.9 Å². The van der Waals surface area contributed by atoms with Crippen LogP contribution in [0.25, 0.3) is 33.2 Å². The maximum absolute atomic E-state index is 12.1. The van der Waals surface area contributed by atoms with Gasteiger partial charge in [-0.25, -0.2) is 24.7 Å². The van der Waals surface area contributed by atoms with Crippen LogP contribution < -0.4 is 20.7 Å². The van der Waals surface area contributed by atoms with Gasteiger partial charge in [-0.15, -0.1) is 11.3 Å². The number of hydrogen-bond acceptors (Lipinski definition) is 10. The summed E-state index contributed by atoms with van der Waals surface area (Å²) in [4.78, 5) is 50.5. The molecule has 0 saturated heterocycles. The second kappa shape index (κ2) is 10.5. The summed E-state index contributed by atoms with van der Waals surface area (Å²) in [6, 6.07) is 6.82. The number of hydrogen-bond donors (Lipinski definition) is 3. The van der Waals surface area contributed by atoms with E-state index in [2.05, 4.69) is 40.9 Å². The Kier molecular flexibility index (Phi) is 6.76. The van der Waals surface area contributed by atoms with E-state index >= 15 is 0 Å². The zero-order valence-corrected chi connectivity index (χ0v) is 20.7. The van der Waals surface area contributed by atoms with Crippen molar-refractivity contribution in [1.82, 2.24) is 35.6 Å². The molecule has 0 fully saturated rings. The van der Waals surface area contributed by atoms with Gasteiger partial charge in [0.1, 0.15) is 28.8 Å². The number of rotatable bonds is 7. The van der Waals surface area contributed by atoms with Crippen LogP contribution in [0.2, 0.25) is 0 Å². The molecule has 3 N–H and O–H groups in total. The van der Waals surface area contributed by atoms with Crippen molar-refractivity contribution >= 4 is 34.9 Å². The van der Waals surface area contributed by atoms with Crippen LogP contribution in [0.3, 0.4) is 0 Å². The van der Waals surface area contributed by atoms with E-state index in [1.54, 1.807) is 31.6 Å². The molecule has 0 bridgehead atoms. The molecule has 13 heteroatoms. The highest BCUT2D eigenvalue weighted by molar-refractivity contribution is 7.13. The first-order valence-corrected chi connectivity index (χ1v) is 12.1. The Morgan fingerprint density at radius 3 is 2.73 bits per heavy atom. The number of aliphatic imine (C=N–C) groups is 1. The molecule has 12 nitrogen and oxygen atoms in total. The third kappa shape index (κ3) is 5.26. The van der Waals surface area contributed by atoms with E-state index in [4.69, 9.17) is 9.72 Å². The molecule has 5 rings (SSSR count). The molecule has 5 heterocycles. The molecular formula is C24H21N9O3S. The van der Waals surface area contributed by atoms with Crippen LogP contribution in [0.15, 0.2) is 53.2 Å². The number of carbonyl (C=O) groups is 2. The minimum Gasteiger partial charge on any atom is -0.481 e. The topological polar surface area (TPSA) is 156 Å². The average Bonchev–Trinajstić information content (AvgIpc) is 3.59. The van der Waals surface area contributed by atoms with Crippen molar-refractivity contribution in [2.45, 2.75) is 6.92 Å². The predicted molar refractivity (Wildman–Crippen MR) is 138 cm³/mol. The maximum atomic E-state index is 12.1. The molecule has 0 saturated carbocycles. The molecular weight excluding hydrogens is 494 g/mol. The molecule has 0 spiro atoms. The van der Waals surface area contributed by atoms with Gasteiger partial charge in [-0.1, -0.05) is 6.07 Å². The van der Waals surface area contributed by atoms with Gasteiger partial charge in [0.05, 0.1) is 30.9 Å². The number of methoxy groups -OCH3 is 1. The standard InChI is InChI=1S/C24H21N9O3S/c1-3-26-24(35)32-19-7-13(23-31-18(12-37-23)15-5-4-6-21(30-15)36-2)14(8-27-19)16-9-25-10-17(29-16)22-28-11-20(34)33-22/h4-10,12H,3,11H2,1-2H3,(H,28,33,34)(H2,26,27,32,35). The van der Waals surface area contributed by atoms with Crippen LogP contribution in [0.4, 0.5) is 10.6 Å². The lowest BCUT2D eigenvalue weighted by Crippen LogP contribution is -2.28. The lowest BCUT2D eigenvalue weighted by molar-refractivity contribution is -0.117. The number of ether oxygens (including phenoxy) is 1. The fraction of sp³-hybridized carbons (Fsp3) is 0.167. The predicted octanol–water partition coefficient (Wildman–Crippen LogP) is 2.75. The van der Waals surface area contributed by atoms with Crippen LogP contribution in [-0.4, -0.2) is 62.9 Å². The van der Waals surface area contributed by atoms with Crippen LogP contribution in [0.5, 0.6) is 5.88 Å². The van der Waals surface area contributed by atoms with Crippen LogP contribution in [0.1, 0.15) is 12.6 Å². The Balaban J connectivity index is 1.57. The quantitative estimate of drug-likeness (QED) is 0.339. The molecule has 37 heavy (non-hydrogen) atoms. The monoisotopic (exact) mass is 515 g/mol. The zero-order valence-electron chi connectivity index (χ0n) is 19.8. The van der Waals surface area contributed by atoms with Gasteiger partial charge in [-0.3, -0.25) is 20.1 Å². The smallest absolute Gasteiger partial charge is 0.320 e. The van der Waals surface area contributed by atoms with Crippen molar-refractivity contribution in [1.29, 1.82) is 0 Å². The SMILES string of the molecule is CCNC(=O)Nc1cc(-c2nc(-c3cccc(OC)n3)cs2)c(-c2cncc(C3=NCC(=O)N3)n2)cn1. The number of urea groups is 1. The number of anilines is 1. The molecule has 3 amide bonds. The number of nitrogens with one attached hydrogen (secondary N) is 3. The number of thiazole rings is 1. The van der Waals surface area contributed by atoms with Crippen molar-refractivity contribution in [2.75, 3.05) is 25.5 Å². The summed E-state index contributed by atoms with van der Waals surface area (Å²) in [6.45, 7) is 2.35. The third-order valence-corrected chi connectivity index (χ3v) is 6.08. The van der Waals surface area contributed by atoms with Crippen LogP contribution in [-0.2, 0) is 4.79 Å². The molecule has 0 radical (unpaired) electrons. The fourth-order valence-corrected chi connectivity index (χ4v) is 4.37. The largest absolute Gasteiger partial charge is 0.481 e. The Hall–Kier alpha value is -4.78. The first kappa shape index (κ1) is 23.9. The van der Waals surface area contributed by atoms with Gasteiger partial charge in [0.25, 0.3) is 0 Å². The Bertz CT molecular complexity index is 1520. The van der Waals surface area contributed by atoms with Crippen LogP contribution >= 0.6 is 11.3 Å². The second-order valence-corrected chi connectivity index (χ2v) is 8.56. The molecule has 0 aliphatic carbocycles. The van der Waals surface area contributed by atoms with Gasteiger partial charge in [0.15, 0.2) is 5.84 Å². The van der Waals surface area contributed by atoms with Gasteiger partial charge >= 0.3 is 6.03 Å². The van der Waals surface area contributed by atoms with E-state index in [1.807, 2.05) is 24.4 Å². The van der Waals surface area contributed by atoms with Crippen LogP contribution in [0, 0.1) is 0 Å². The number of pyridine rings is 2. The molecule has 1 aliphatic heterocycles. The maximum Gasteiger partial charge on any atom is 0.320 e. The fourth-order valence-electron chi connectivity index (χ4n) is 3.53. The second-order valence-electron chi connectivity index (χ2n) is 7.71. The van der Waals surface area contributed by atoms with Gasteiger partial charge in [-0.2, -0.15) is 0 Å². The van der Waals surface area contributed by atoms with Gasteiger partial charge < -0.3 is 15.4 Å². The normalized spacial score (nSPS) is 12.6. The first-order chi connectivity index (χ1) is 18.0. The van der Waals surface area contributed by atoms with Gasteiger partial charge in [0.2, 0.25) is 11.8 Å². The van der Waals surface area contributed by atoms with E-state index < -0.39 is 0 Å². The first-order valence-electron chi connectivity index (χ1n) is 11.2. The summed E-state index contributed by atoms with van der Waals surface area (Å²) in [5, 5.41) is 10.6. The summed E-state index contributed by atoms with van der Waals surface area (Å²) in [5.41, 5.74) is 3.59. The van der Waals surface area contributed by atoms with E-state index in [0.717, 1.165) is 0 Å². The summed E-state index contributed by atoms with van der Waals surface area (Å²) >= 11 is 1.41.